The van der Waals surface area contributed by atoms with Crippen molar-refractivity contribution in [3.8, 4) is 16.2 Å². The van der Waals surface area contributed by atoms with Gasteiger partial charge in [0.15, 0.2) is 5.13 Å². The number of aryl methyl sites for hydroxylation is 1. The van der Waals surface area contributed by atoms with Crippen LogP contribution in [-0.4, -0.2) is 43.8 Å². The van der Waals surface area contributed by atoms with Crippen molar-refractivity contribution < 1.29 is 18.3 Å². The van der Waals surface area contributed by atoms with Gasteiger partial charge in [-0.05, 0) is 75.6 Å². The van der Waals surface area contributed by atoms with E-state index in [9.17, 15) is 13.5 Å². The van der Waals surface area contributed by atoms with E-state index in [2.05, 4.69) is 17.0 Å². The van der Waals surface area contributed by atoms with Crippen LogP contribution in [0.25, 0.3) is 10.4 Å². The zero-order valence-electron chi connectivity index (χ0n) is 19.6. The molecule has 3 atom stereocenters. The Morgan fingerprint density at radius 1 is 1.18 bits per heavy atom. The number of hydrogen-bond acceptors (Lipinski definition) is 7. The van der Waals surface area contributed by atoms with Crippen molar-refractivity contribution in [2.45, 2.75) is 88.3 Å². The van der Waals surface area contributed by atoms with E-state index in [1.807, 2.05) is 13.0 Å². The van der Waals surface area contributed by atoms with Gasteiger partial charge in [-0.1, -0.05) is 30.6 Å². The summed E-state index contributed by atoms with van der Waals surface area (Å²) >= 11 is 1.56. The molecule has 2 unspecified atom stereocenters. The average molecular weight is 494 g/mol. The average Bonchev–Trinajstić information content (AvgIpc) is 3.37. The number of aliphatic hydroxyl groups excluding tert-OH is 1. The van der Waals surface area contributed by atoms with Crippen LogP contribution in [0.3, 0.4) is 0 Å². The maximum atomic E-state index is 13.2. The van der Waals surface area contributed by atoms with Crippen LogP contribution < -0.4 is 14.8 Å². The molecule has 0 spiro atoms. The van der Waals surface area contributed by atoms with Crippen LogP contribution in [0, 0.1) is 12.8 Å². The molecule has 9 heteroatoms. The van der Waals surface area contributed by atoms with Crippen LogP contribution in [0.15, 0.2) is 23.1 Å². The Hall–Kier alpha value is -1.68. The Labute approximate surface area is 201 Å². The number of hydrogen-bond donors (Lipinski definition) is 3. The largest absolute Gasteiger partial charge is 0.495 e. The van der Waals surface area contributed by atoms with Crippen LogP contribution in [0.5, 0.6) is 5.75 Å². The number of benzene rings is 1. The molecule has 1 heterocycles. The van der Waals surface area contributed by atoms with Crippen molar-refractivity contribution in [3.05, 3.63) is 23.9 Å². The van der Waals surface area contributed by atoms with Gasteiger partial charge < -0.3 is 15.2 Å². The van der Waals surface area contributed by atoms with Crippen molar-refractivity contribution in [1.82, 2.24) is 9.71 Å². The SMILES string of the molecule is COc1ccc(-c2sc(N[C@@H](C)C3CCCCC3)nc2C)cc1S(=O)(=O)NC1CCC(O)C1. The molecular weight excluding hydrogens is 458 g/mol. The zero-order chi connectivity index (χ0) is 23.6. The predicted octanol–water partition coefficient (Wildman–Crippen LogP) is 4.70. The highest BCUT2D eigenvalue weighted by molar-refractivity contribution is 7.89. The first-order chi connectivity index (χ1) is 15.8. The predicted molar refractivity (Wildman–Crippen MR) is 132 cm³/mol. The lowest BCUT2D eigenvalue weighted by atomic mass is 9.85. The second-order valence-electron chi connectivity index (χ2n) is 9.42. The van der Waals surface area contributed by atoms with E-state index in [0.29, 0.717) is 37.0 Å². The number of aliphatic hydroxyl groups is 1. The van der Waals surface area contributed by atoms with Gasteiger partial charge >= 0.3 is 0 Å². The van der Waals surface area contributed by atoms with Gasteiger partial charge in [0.05, 0.1) is 23.8 Å². The van der Waals surface area contributed by atoms with Gasteiger partial charge in [-0.15, -0.1) is 0 Å². The van der Waals surface area contributed by atoms with Gasteiger partial charge in [0.25, 0.3) is 0 Å². The van der Waals surface area contributed by atoms with Gasteiger partial charge in [0.2, 0.25) is 10.0 Å². The molecule has 3 N–H and O–H groups in total. The van der Waals surface area contributed by atoms with E-state index in [1.54, 1.807) is 23.5 Å². The Bertz CT molecular complexity index is 1060. The summed E-state index contributed by atoms with van der Waals surface area (Å²) in [7, 11) is -2.33. The highest BCUT2D eigenvalue weighted by Crippen LogP contribution is 2.38. The molecular formula is C24H35N3O4S2. The first-order valence-electron chi connectivity index (χ1n) is 11.9. The molecule has 2 fully saturated rings. The molecule has 2 aliphatic rings. The molecule has 0 aliphatic heterocycles. The van der Waals surface area contributed by atoms with Crippen molar-refractivity contribution in [3.63, 3.8) is 0 Å². The molecule has 1 aromatic heterocycles. The van der Waals surface area contributed by atoms with Gasteiger partial charge in [0.1, 0.15) is 10.6 Å². The lowest BCUT2D eigenvalue weighted by Crippen LogP contribution is -2.33. The summed E-state index contributed by atoms with van der Waals surface area (Å²) < 4.78 is 34.5. The normalized spacial score (nSPS) is 22.9. The van der Waals surface area contributed by atoms with Gasteiger partial charge in [-0.25, -0.2) is 18.1 Å². The Balaban J connectivity index is 1.57. The summed E-state index contributed by atoms with van der Waals surface area (Å²) in [6.45, 7) is 4.19. The summed E-state index contributed by atoms with van der Waals surface area (Å²) in [6, 6.07) is 5.35. The van der Waals surface area contributed by atoms with Crippen molar-refractivity contribution in [1.29, 1.82) is 0 Å². The lowest BCUT2D eigenvalue weighted by molar-refractivity contribution is 0.181. The van der Waals surface area contributed by atoms with E-state index in [4.69, 9.17) is 9.72 Å². The number of nitrogens with one attached hydrogen (secondary N) is 2. The van der Waals surface area contributed by atoms with Gasteiger partial charge in [0, 0.05) is 12.1 Å². The first-order valence-corrected chi connectivity index (χ1v) is 14.2. The van der Waals surface area contributed by atoms with Crippen LogP contribution in [0.2, 0.25) is 0 Å². The topological polar surface area (TPSA) is 101 Å². The summed E-state index contributed by atoms with van der Waals surface area (Å²) in [4.78, 5) is 5.79. The number of rotatable bonds is 8. The number of thiazole rings is 1. The molecule has 2 aromatic rings. The van der Waals surface area contributed by atoms with Crippen molar-refractivity contribution in [2.75, 3.05) is 12.4 Å². The monoisotopic (exact) mass is 493 g/mol. The standard InChI is InChI=1S/C24H35N3O4S2/c1-15(17-7-5-4-6-8-17)25-24-26-16(2)23(32-24)18-9-12-21(31-3)22(13-18)33(29,30)27-19-10-11-20(28)14-19/h9,12-13,15,17,19-20,27-28H,4-8,10-11,14H2,1-3H3,(H,25,26)/t15-,19?,20?/m0/s1. The van der Waals surface area contributed by atoms with E-state index >= 15 is 0 Å². The Morgan fingerprint density at radius 3 is 2.61 bits per heavy atom. The van der Waals surface area contributed by atoms with Crippen molar-refractivity contribution in [2.24, 2.45) is 5.92 Å². The summed E-state index contributed by atoms with van der Waals surface area (Å²) in [6.07, 6.45) is 7.68. The minimum absolute atomic E-state index is 0.113. The molecule has 4 rings (SSSR count). The molecule has 0 radical (unpaired) electrons. The van der Waals surface area contributed by atoms with E-state index in [0.717, 1.165) is 21.3 Å². The second-order valence-corrected chi connectivity index (χ2v) is 12.1. The minimum atomic E-state index is -3.80. The fourth-order valence-corrected chi connectivity index (χ4v) is 7.59. The Kier molecular flexibility index (Phi) is 7.63. The number of methoxy groups -OCH3 is 1. The highest BCUT2D eigenvalue weighted by atomic mass is 32.2. The maximum Gasteiger partial charge on any atom is 0.244 e. The molecule has 182 valence electrons. The molecule has 0 amide bonds. The van der Waals surface area contributed by atoms with E-state index < -0.39 is 16.1 Å². The molecule has 2 saturated carbocycles. The highest BCUT2D eigenvalue weighted by Gasteiger charge is 2.30. The molecule has 0 saturated heterocycles. The number of aromatic nitrogens is 1. The fourth-order valence-electron chi connectivity index (χ4n) is 5.05. The quantitative estimate of drug-likeness (QED) is 0.493. The van der Waals surface area contributed by atoms with Crippen LogP contribution in [0.1, 0.15) is 64.0 Å². The summed E-state index contributed by atoms with van der Waals surface area (Å²) in [5, 5.41) is 14.2. The third-order valence-electron chi connectivity index (χ3n) is 6.95. The molecule has 0 bridgehead atoms. The van der Waals surface area contributed by atoms with Crippen LogP contribution in [-0.2, 0) is 10.0 Å². The number of anilines is 1. The number of sulfonamides is 1. The number of ether oxygens (including phenoxy) is 1. The second kappa shape index (κ2) is 10.3. The first kappa shape index (κ1) is 24.4. The third kappa shape index (κ3) is 5.70. The molecule has 2 aliphatic carbocycles. The van der Waals surface area contributed by atoms with Crippen LogP contribution >= 0.6 is 11.3 Å². The summed E-state index contributed by atoms with van der Waals surface area (Å²) in [5.41, 5.74) is 1.68. The maximum absolute atomic E-state index is 13.2. The van der Waals surface area contributed by atoms with Gasteiger partial charge in [-0.2, -0.15) is 0 Å². The number of nitrogens with zero attached hydrogens (tertiary/aromatic N) is 1. The van der Waals surface area contributed by atoms with Gasteiger partial charge in [-0.3, -0.25) is 0 Å². The van der Waals surface area contributed by atoms with E-state index in [1.165, 1.54) is 39.2 Å². The molecule has 1 aromatic carbocycles. The molecule has 7 nitrogen and oxygen atoms in total. The fraction of sp³-hybridized carbons (Fsp3) is 0.625. The zero-order valence-corrected chi connectivity index (χ0v) is 21.3. The van der Waals surface area contributed by atoms with Crippen LogP contribution in [0.4, 0.5) is 5.13 Å². The van der Waals surface area contributed by atoms with E-state index in [-0.39, 0.29) is 10.9 Å². The lowest BCUT2D eigenvalue weighted by Gasteiger charge is -2.28. The summed E-state index contributed by atoms with van der Waals surface area (Å²) in [5.74, 6) is 0.973. The third-order valence-corrected chi connectivity index (χ3v) is 9.63. The van der Waals surface area contributed by atoms with Crippen molar-refractivity contribution >= 4 is 26.5 Å². The molecule has 33 heavy (non-hydrogen) atoms. The smallest absolute Gasteiger partial charge is 0.244 e. The Morgan fingerprint density at radius 2 is 1.94 bits per heavy atom. The minimum Gasteiger partial charge on any atom is -0.495 e.